The summed E-state index contributed by atoms with van der Waals surface area (Å²) >= 11 is 6.00. The monoisotopic (exact) mass is 665 g/mol. The van der Waals surface area contributed by atoms with E-state index in [0.29, 0.717) is 23.6 Å². The number of ether oxygens (including phenoxy) is 2. The number of alkyl halides is 3. The van der Waals surface area contributed by atoms with Crippen molar-refractivity contribution < 1.29 is 42.1 Å². The van der Waals surface area contributed by atoms with Gasteiger partial charge in [0.25, 0.3) is 5.91 Å². The molecule has 46 heavy (non-hydrogen) atoms. The molecule has 0 radical (unpaired) electrons. The molecule has 1 saturated carbocycles. The molecule has 1 aromatic heterocycles. The Kier molecular flexibility index (Phi) is 10.1. The predicted octanol–water partition coefficient (Wildman–Crippen LogP) is 5.02. The Labute approximate surface area is 266 Å². The summed E-state index contributed by atoms with van der Waals surface area (Å²) in [5.41, 5.74) is -0.0226. The van der Waals surface area contributed by atoms with Gasteiger partial charge in [0, 0.05) is 16.3 Å². The van der Waals surface area contributed by atoms with Crippen LogP contribution in [0.2, 0.25) is 5.02 Å². The summed E-state index contributed by atoms with van der Waals surface area (Å²) in [6.45, 7) is 2.89. The van der Waals surface area contributed by atoms with Crippen LogP contribution in [0.4, 0.5) is 35.5 Å². The number of carbonyl (C=O) groups is 3. The van der Waals surface area contributed by atoms with E-state index < -0.39 is 60.5 Å². The average molecular weight is 666 g/mol. The summed E-state index contributed by atoms with van der Waals surface area (Å²) in [5, 5.41) is 20.7. The van der Waals surface area contributed by atoms with Gasteiger partial charge in [0.2, 0.25) is 11.9 Å². The van der Waals surface area contributed by atoms with E-state index in [0.717, 1.165) is 5.56 Å². The van der Waals surface area contributed by atoms with Crippen LogP contribution in [0.1, 0.15) is 49.5 Å². The van der Waals surface area contributed by atoms with Crippen LogP contribution in [-0.2, 0) is 15.1 Å². The number of carboxylic acid groups (broad SMARTS) is 1. The molecule has 2 aromatic carbocycles. The summed E-state index contributed by atoms with van der Waals surface area (Å²) in [7, 11) is 0. The number of hydrogen-bond donors (Lipinski definition) is 5. The zero-order valence-electron chi connectivity index (χ0n) is 24.9. The first-order valence-corrected chi connectivity index (χ1v) is 14.3. The molecule has 2 amide bonds. The molecule has 1 atom stereocenters. The van der Waals surface area contributed by atoms with Gasteiger partial charge in [-0.25, -0.2) is 9.59 Å². The number of benzene rings is 2. The van der Waals surface area contributed by atoms with Gasteiger partial charge in [-0.05, 0) is 75.6 Å². The van der Waals surface area contributed by atoms with Crippen LogP contribution in [0.15, 0.2) is 48.5 Å². The Morgan fingerprint density at radius 3 is 2.17 bits per heavy atom. The largest absolute Gasteiger partial charge is 0.480 e. The molecule has 0 spiro atoms. The maximum absolute atomic E-state index is 12.9. The molecule has 0 saturated heterocycles. The minimum Gasteiger partial charge on any atom is -0.480 e. The molecular weight excluding hydrogens is 635 g/mol. The summed E-state index contributed by atoms with van der Waals surface area (Å²) in [5.74, 6) is -2.29. The Morgan fingerprint density at radius 2 is 1.61 bits per heavy atom. The Hall–Kier alpha value is -4.86. The summed E-state index contributed by atoms with van der Waals surface area (Å²) in [6.07, 6.45) is -4.04. The van der Waals surface area contributed by atoms with Crippen molar-refractivity contribution in [2.75, 3.05) is 23.8 Å². The van der Waals surface area contributed by atoms with Crippen molar-refractivity contribution in [1.29, 1.82) is 0 Å². The highest BCUT2D eigenvalue weighted by molar-refractivity contribution is 6.30. The van der Waals surface area contributed by atoms with Crippen molar-refractivity contribution in [2.45, 2.75) is 57.0 Å². The average Bonchev–Trinajstić information content (AvgIpc) is 3.73. The molecule has 0 bridgehead atoms. The van der Waals surface area contributed by atoms with Gasteiger partial charge in [-0.2, -0.15) is 28.1 Å². The fourth-order valence-electron chi connectivity index (χ4n) is 4.05. The highest BCUT2D eigenvalue weighted by Gasteiger charge is 2.45. The third-order valence-corrected chi connectivity index (χ3v) is 6.59. The van der Waals surface area contributed by atoms with Crippen LogP contribution in [0.25, 0.3) is 0 Å². The highest BCUT2D eigenvalue weighted by atomic mass is 35.5. The van der Waals surface area contributed by atoms with E-state index in [2.05, 4.69) is 36.2 Å². The second-order valence-electron chi connectivity index (χ2n) is 11.3. The lowest BCUT2D eigenvalue weighted by Crippen LogP contribution is -2.49. The smallest absolute Gasteiger partial charge is 0.422 e. The number of carboxylic acids is 1. The molecule has 1 fully saturated rings. The Morgan fingerprint density at radius 1 is 0.978 bits per heavy atom. The number of halogens is 4. The molecule has 0 aliphatic heterocycles. The van der Waals surface area contributed by atoms with E-state index in [-0.39, 0.29) is 17.5 Å². The van der Waals surface area contributed by atoms with Gasteiger partial charge >= 0.3 is 24.2 Å². The number of anilines is 3. The molecule has 13 nitrogen and oxygen atoms in total. The first-order valence-electron chi connectivity index (χ1n) is 13.9. The van der Waals surface area contributed by atoms with Crippen LogP contribution >= 0.6 is 11.6 Å². The topological polar surface area (TPSA) is 177 Å². The summed E-state index contributed by atoms with van der Waals surface area (Å²) in [4.78, 5) is 48.5. The van der Waals surface area contributed by atoms with Crippen LogP contribution in [-0.4, -0.2) is 69.0 Å². The highest BCUT2D eigenvalue weighted by Crippen LogP contribution is 2.48. The second-order valence-corrected chi connectivity index (χ2v) is 11.8. The van der Waals surface area contributed by atoms with Gasteiger partial charge < -0.3 is 35.8 Å². The molecule has 246 valence electrons. The van der Waals surface area contributed by atoms with E-state index >= 15 is 0 Å². The van der Waals surface area contributed by atoms with Crippen LogP contribution in [0, 0.1) is 0 Å². The lowest BCUT2D eigenvalue weighted by molar-refractivity contribution is -0.154. The number of carbonyl (C=O) groups excluding carboxylic acids is 2. The van der Waals surface area contributed by atoms with Gasteiger partial charge in [-0.3, -0.25) is 4.79 Å². The molecule has 17 heteroatoms. The molecule has 1 aliphatic rings. The molecule has 4 rings (SSSR count). The van der Waals surface area contributed by atoms with Crippen molar-refractivity contribution in [1.82, 2.24) is 25.6 Å². The van der Waals surface area contributed by atoms with Crippen LogP contribution in [0.5, 0.6) is 6.01 Å². The van der Waals surface area contributed by atoms with E-state index in [1.165, 1.54) is 24.3 Å². The Bertz CT molecular complexity index is 1560. The molecule has 3 aromatic rings. The minimum absolute atomic E-state index is 0.0298. The number of rotatable bonds is 12. The van der Waals surface area contributed by atoms with Crippen molar-refractivity contribution >= 4 is 47.2 Å². The molecular formula is C29H31ClF3N7O6. The van der Waals surface area contributed by atoms with E-state index in [1.54, 1.807) is 32.9 Å². The maximum atomic E-state index is 12.9. The first-order chi connectivity index (χ1) is 21.5. The van der Waals surface area contributed by atoms with Crippen molar-refractivity contribution in [2.24, 2.45) is 0 Å². The van der Waals surface area contributed by atoms with Gasteiger partial charge in [-0.15, -0.1) is 0 Å². The number of aliphatic carboxylic acids is 1. The molecule has 5 N–H and O–H groups in total. The van der Waals surface area contributed by atoms with Crippen LogP contribution in [0.3, 0.4) is 0 Å². The van der Waals surface area contributed by atoms with Crippen LogP contribution < -0.4 is 26.0 Å². The fourth-order valence-corrected chi connectivity index (χ4v) is 4.17. The quantitative estimate of drug-likeness (QED) is 0.176. The first kappa shape index (κ1) is 34.0. The number of alkyl carbamates (subject to hydrolysis) is 1. The van der Waals surface area contributed by atoms with Crippen molar-refractivity contribution in [3.63, 3.8) is 0 Å². The number of amides is 2. The normalized spacial score (nSPS) is 14.4. The van der Waals surface area contributed by atoms with Gasteiger partial charge in [0.15, 0.2) is 6.61 Å². The van der Waals surface area contributed by atoms with Crippen molar-refractivity contribution in [3.8, 4) is 6.01 Å². The van der Waals surface area contributed by atoms with Gasteiger partial charge in [0.05, 0.1) is 12.1 Å². The van der Waals surface area contributed by atoms with E-state index in [9.17, 15) is 32.7 Å². The molecule has 1 aliphatic carbocycles. The number of nitrogens with one attached hydrogen (secondary N) is 4. The third kappa shape index (κ3) is 10.1. The molecule has 1 heterocycles. The van der Waals surface area contributed by atoms with E-state index in [4.69, 9.17) is 21.1 Å². The van der Waals surface area contributed by atoms with Gasteiger partial charge in [-0.1, -0.05) is 23.7 Å². The lowest BCUT2D eigenvalue weighted by atomic mass is 10.1. The van der Waals surface area contributed by atoms with Gasteiger partial charge in [0.1, 0.15) is 11.6 Å². The Balaban J connectivity index is 1.45. The third-order valence-electron chi connectivity index (χ3n) is 6.33. The number of hydrogen-bond acceptors (Lipinski definition) is 10. The van der Waals surface area contributed by atoms with Crippen molar-refractivity contribution in [3.05, 3.63) is 64.7 Å². The zero-order chi connectivity index (χ0) is 33.7. The zero-order valence-corrected chi connectivity index (χ0v) is 25.6. The fraction of sp³-hybridized carbons (Fsp3) is 0.379. The maximum Gasteiger partial charge on any atom is 0.422 e. The predicted molar refractivity (Wildman–Crippen MR) is 160 cm³/mol. The SMILES string of the molecule is CC(C)(C)OC(=O)NCC(NC(=O)c1ccc(Nc2nc(NC3(c4ccc(Cl)cc4)CC3)nc(OCC(F)(F)F)n2)cc1)C(=O)O. The minimum atomic E-state index is -4.63. The second kappa shape index (κ2) is 13.6. The lowest BCUT2D eigenvalue weighted by Gasteiger charge is -2.21. The molecule has 1 unspecified atom stereocenters. The number of aromatic nitrogens is 3. The summed E-state index contributed by atoms with van der Waals surface area (Å²) < 4.78 is 48.4. The standard InChI is InChI=1S/C29H31ClF3N7O6/c1-27(2,3)46-26(44)34-14-20(22(42)43)36-21(41)16-4-10-19(11-5-16)35-23-37-24(39-25(38-23)45-15-29(31,32)33)40-28(12-13-28)17-6-8-18(30)9-7-17/h4-11,20H,12-15H2,1-3H3,(H,34,44)(H,36,41)(H,42,43)(H2,35,37,38,39,40). The summed E-state index contributed by atoms with van der Waals surface area (Å²) in [6, 6.07) is 10.7. The number of nitrogens with zero attached hydrogens (tertiary/aromatic N) is 3. The van der Waals surface area contributed by atoms with E-state index in [1.807, 2.05) is 12.1 Å².